The summed E-state index contributed by atoms with van der Waals surface area (Å²) in [7, 11) is -2.74. The van der Waals surface area contributed by atoms with Gasteiger partial charge in [0.2, 0.25) is 0 Å². The summed E-state index contributed by atoms with van der Waals surface area (Å²) in [5.74, 6) is 0.508. The molecule has 10 nitrogen and oxygen atoms in total. The fourth-order valence-electron chi connectivity index (χ4n) is 2.86. The first-order valence-electron chi connectivity index (χ1n) is 9.52. The summed E-state index contributed by atoms with van der Waals surface area (Å²) in [6, 6.07) is 9.17. The lowest BCUT2D eigenvalue weighted by Crippen LogP contribution is -2.42. The van der Waals surface area contributed by atoms with Crippen LogP contribution >= 0.6 is 11.6 Å². The molecule has 172 valence electrons. The number of allylic oxidation sites excluding steroid dienone is 2. The average Bonchev–Trinajstić information content (AvgIpc) is 2.78. The third-order valence-corrected chi connectivity index (χ3v) is 6.17. The largest absolute Gasteiger partial charge is 0.497 e. The number of nitro groups is 1. The number of anilines is 1. The van der Waals surface area contributed by atoms with Crippen molar-refractivity contribution < 1.29 is 18.1 Å². The highest BCUT2D eigenvalue weighted by atomic mass is 35.5. The van der Waals surface area contributed by atoms with E-state index in [1.54, 1.807) is 31.2 Å². The van der Waals surface area contributed by atoms with Crippen LogP contribution in [0.15, 0.2) is 81.8 Å². The van der Waals surface area contributed by atoms with Crippen LogP contribution in [0.25, 0.3) is 0 Å². The number of aliphatic imine (C=N–C) groups is 2. The van der Waals surface area contributed by atoms with Gasteiger partial charge in [-0.1, -0.05) is 30.3 Å². The zero-order valence-electron chi connectivity index (χ0n) is 17.6. The predicted octanol–water partition coefficient (Wildman–Crippen LogP) is 3.92. The van der Waals surface area contributed by atoms with E-state index in [0.717, 1.165) is 6.07 Å². The number of nitrogens with zero attached hydrogens (tertiary/aromatic N) is 3. The maximum Gasteiger partial charge on any atom is 0.270 e. The van der Waals surface area contributed by atoms with Crippen LogP contribution < -0.4 is 14.8 Å². The Labute approximate surface area is 195 Å². The Morgan fingerprint density at radius 2 is 2.00 bits per heavy atom. The molecule has 1 aliphatic rings. The van der Waals surface area contributed by atoms with E-state index in [9.17, 15) is 18.5 Å². The van der Waals surface area contributed by atoms with Crippen LogP contribution in [0.3, 0.4) is 0 Å². The van der Waals surface area contributed by atoms with Crippen molar-refractivity contribution in [2.45, 2.75) is 17.9 Å². The summed E-state index contributed by atoms with van der Waals surface area (Å²) in [6.07, 6.45) is 3.11. The summed E-state index contributed by atoms with van der Waals surface area (Å²) < 4.78 is 33.6. The number of amidine groups is 2. The van der Waals surface area contributed by atoms with Crippen LogP contribution in [0.4, 0.5) is 11.4 Å². The lowest BCUT2D eigenvalue weighted by atomic mass is 10.2. The summed E-state index contributed by atoms with van der Waals surface area (Å²) in [4.78, 5) is 19.0. The first-order valence-corrected chi connectivity index (χ1v) is 11.4. The number of nitro benzene ring substituents is 1. The van der Waals surface area contributed by atoms with Crippen molar-refractivity contribution in [1.29, 1.82) is 0 Å². The number of halogens is 1. The van der Waals surface area contributed by atoms with E-state index in [0.29, 0.717) is 22.2 Å². The summed E-state index contributed by atoms with van der Waals surface area (Å²) in [6.45, 7) is 5.41. The Hall–Kier alpha value is -3.70. The van der Waals surface area contributed by atoms with E-state index in [2.05, 4.69) is 26.6 Å². The first kappa shape index (κ1) is 24.0. The number of hydrogen-bond acceptors (Lipinski definition) is 8. The maximum absolute atomic E-state index is 13.0. The number of hydrogen-bond donors (Lipinski definition) is 2. The number of sulfonamides is 1. The maximum atomic E-state index is 13.0. The molecule has 1 unspecified atom stereocenters. The highest BCUT2D eigenvalue weighted by Crippen LogP contribution is 2.28. The van der Waals surface area contributed by atoms with Gasteiger partial charge in [-0.25, -0.2) is 13.4 Å². The van der Waals surface area contributed by atoms with E-state index in [1.165, 1.54) is 31.4 Å². The van der Waals surface area contributed by atoms with Gasteiger partial charge in [0, 0.05) is 18.2 Å². The molecule has 0 saturated heterocycles. The van der Waals surface area contributed by atoms with E-state index in [4.69, 9.17) is 16.3 Å². The van der Waals surface area contributed by atoms with Crippen molar-refractivity contribution in [3.8, 4) is 5.75 Å². The predicted molar refractivity (Wildman–Crippen MR) is 128 cm³/mol. The molecule has 0 fully saturated rings. The molecule has 2 N–H and O–H groups in total. The van der Waals surface area contributed by atoms with Gasteiger partial charge in [0.1, 0.15) is 5.75 Å². The third kappa shape index (κ3) is 5.57. The lowest BCUT2D eigenvalue weighted by molar-refractivity contribution is -0.385. The Balaban J connectivity index is 2.02. The lowest BCUT2D eigenvalue weighted by Gasteiger charge is -2.22. The second kappa shape index (κ2) is 9.84. The SMILES string of the molecule is C=C/C=C1/N=C(NS(=O)(=O)c2cccc([N+](=O)[O-])c2)C(Nc2cc(OC)ccc2Cl)=NC1C. The van der Waals surface area contributed by atoms with Gasteiger partial charge >= 0.3 is 0 Å². The molecule has 2 aromatic carbocycles. The molecule has 0 radical (unpaired) electrons. The standard InChI is InChI=1S/C21H20ClN5O5S/c1-4-6-18-13(2)23-20(25-19-12-15(32-3)9-10-17(19)22)21(24-18)26-33(30,31)16-8-5-7-14(11-16)27(28)29/h4-13H,1H2,2-3H3,(H,23,25)(H,24,26)/b18-6+. The summed E-state index contributed by atoms with van der Waals surface area (Å²) in [5, 5.41) is 14.4. The summed E-state index contributed by atoms with van der Waals surface area (Å²) in [5.41, 5.74) is 0.517. The monoisotopic (exact) mass is 489 g/mol. The first-order chi connectivity index (χ1) is 15.6. The Kier molecular flexibility index (Phi) is 7.14. The number of ether oxygens (including phenoxy) is 1. The summed E-state index contributed by atoms with van der Waals surface area (Å²) >= 11 is 6.27. The van der Waals surface area contributed by atoms with Crippen molar-refractivity contribution in [1.82, 2.24) is 4.72 Å². The number of methoxy groups -OCH3 is 1. The van der Waals surface area contributed by atoms with Gasteiger partial charge in [0.05, 0.1) is 39.4 Å². The number of nitrogens with one attached hydrogen (secondary N) is 2. The Morgan fingerprint density at radius 1 is 1.24 bits per heavy atom. The topological polar surface area (TPSA) is 135 Å². The molecule has 33 heavy (non-hydrogen) atoms. The van der Waals surface area contributed by atoms with Crippen LogP contribution in [-0.2, 0) is 10.0 Å². The second-order valence-corrected chi connectivity index (χ2v) is 8.86. The van der Waals surface area contributed by atoms with Crippen molar-refractivity contribution in [2.75, 3.05) is 12.4 Å². The molecule has 3 rings (SSSR count). The van der Waals surface area contributed by atoms with Gasteiger partial charge in [0.15, 0.2) is 11.7 Å². The van der Waals surface area contributed by atoms with Crippen molar-refractivity contribution >= 4 is 44.7 Å². The van der Waals surface area contributed by atoms with Crippen LogP contribution in [-0.4, -0.2) is 38.2 Å². The molecule has 1 aliphatic heterocycles. The van der Waals surface area contributed by atoms with Gasteiger partial charge in [-0.05, 0) is 31.2 Å². The highest BCUT2D eigenvalue weighted by Gasteiger charge is 2.26. The quantitative estimate of drug-likeness (QED) is 0.466. The van der Waals surface area contributed by atoms with Crippen molar-refractivity contribution in [3.63, 3.8) is 0 Å². The minimum absolute atomic E-state index is 0.105. The fraction of sp³-hybridized carbons (Fsp3) is 0.143. The molecule has 12 heteroatoms. The van der Waals surface area contributed by atoms with Gasteiger partial charge < -0.3 is 10.1 Å². The Bertz CT molecular complexity index is 1300. The van der Waals surface area contributed by atoms with E-state index in [-0.39, 0.29) is 22.3 Å². The van der Waals surface area contributed by atoms with Gasteiger partial charge in [0.25, 0.3) is 15.7 Å². The molecule has 1 atom stereocenters. The Morgan fingerprint density at radius 3 is 2.67 bits per heavy atom. The molecule has 0 bridgehead atoms. The second-order valence-electron chi connectivity index (χ2n) is 6.77. The third-order valence-electron chi connectivity index (χ3n) is 4.50. The highest BCUT2D eigenvalue weighted by molar-refractivity contribution is 7.90. The molecule has 0 aromatic heterocycles. The minimum Gasteiger partial charge on any atom is -0.497 e. The zero-order valence-corrected chi connectivity index (χ0v) is 19.2. The van der Waals surface area contributed by atoms with Crippen molar-refractivity contribution in [3.05, 3.63) is 82.0 Å². The van der Waals surface area contributed by atoms with Gasteiger partial charge in [-0.15, -0.1) is 0 Å². The molecule has 0 spiro atoms. The fourth-order valence-corrected chi connectivity index (χ4v) is 4.07. The van der Waals surface area contributed by atoms with Crippen LogP contribution in [0.1, 0.15) is 6.92 Å². The average molecular weight is 490 g/mol. The minimum atomic E-state index is -4.24. The zero-order chi connectivity index (χ0) is 24.2. The number of benzene rings is 2. The number of non-ortho nitro benzene ring substituents is 1. The van der Waals surface area contributed by atoms with Crippen LogP contribution in [0.2, 0.25) is 5.02 Å². The van der Waals surface area contributed by atoms with Gasteiger partial charge in [-0.3, -0.25) is 19.8 Å². The van der Waals surface area contributed by atoms with E-state index >= 15 is 0 Å². The van der Waals surface area contributed by atoms with Crippen LogP contribution in [0.5, 0.6) is 5.75 Å². The van der Waals surface area contributed by atoms with Crippen molar-refractivity contribution in [2.24, 2.45) is 9.98 Å². The molecule has 0 aliphatic carbocycles. The molecule has 2 aromatic rings. The number of rotatable bonds is 6. The molecular formula is C21H20ClN5O5S. The molecule has 1 heterocycles. The molecular weight excluding hydrogens is 470 g/mol. The normalized spacial score (nSPS) is 17.1. The van der Waals surface area contributed by atoms with E-state index < -0.39 is 21.0 Å². The smallest absolute Gasteiger partial charge is 0.270 e. The van der Waals surface area contributed by atoms with E-state index in [1.807, 2.05) is 0 Å². The van der Waals surface area contributed by atoms with Crippen LogP contribution in [0, 0.1) is 10.1 Å². The van der Waals surface area contributed by atoms with Gasteiger partial charge in [-0.2, -0.15) is 0 Å². The molecule has 0 saturated carbocycles. The molecule has 0 amide bonds.